The van der Waals surface area contributed by atoms with Gasteiger partial charge in [-0.15, -0.1) is 0 Å². The summed E-state index contributed by atoms with van der Waals surface area (Å²) < 4.78 is 0. The van der Waals surface area contributed by atoms with Gasteiger partial charge >= 0.3 is 0 Å². The lowest BCUT2D eigenvalue weighted by Crippen LogP contribution is -2.43. The van der Waals surface area contributed by atoms with E-state index in [1.165, 1.54) is 19.3 Å². The third kappa shape index (κ3) is 8.17. The van der Waals surface area contributed by atoms with Crippen molar-refractivity contribution < 1.29 is 4.79 Å². The highest BCUT2D eigenvalue weighted by atomic mass is 32.1. The second-order valence-electron chi connectivity index (χ2n) is 4.73. The van der Waals surface area contributed by atoms with Crippen molar-refractivity contribution in [2.75, 3.05) is 12.3 Å². The van der Waals surface area contributed by atoms with Crippen LogP contribution >= 0.6 is 12.6 Å². The Kier molecular flexibility index (Phi) is 10.1. The first-order chi connectivity index (χ1) is 7.68. The van der Waals surface area contributed by atoms with Gasteiger partial charge in [-0.2, -0.15) is 12.6 Å². The molecule has 3 heteroatoms. The molecular weight excluding hydrogens is 218 g/mol. The number of hydrogen-bond acceptors (Lipinski definition) is 3. The molecule has 0 amide bonds. The average Bonchev–Trinajstić information content (AvgIpc) is 2.24. The molecule has 0 aliphatic carbocycles. The van der Waals surface area contributed by atoms with Crippen LogP contribution in [0.2, 0.25) is 0 Å². The largest absolute Gasteiger partial charge is 0.311 e. The van der Waals surface area contributed by atoms with Crippen molar-refractivity contribution in [3.8, 4) is 0 Å². The number of unbranched alkanes of at least 4 members (excludes halogenated alkanes) is 3. The average molecular weight is 245 g/mol. The number of carbonyl (C=O) groups excluding carboxylic acids is 1. The second kappa shape index (κ2) is 10.2. The molecule has 0 rings (SSSR count). The van der Waals surface area contributed by atoms with Gasteiger partial charge in [-0.3, -0.25) is 0 Å². The predicted octanol–water partition coefficient (Wildman–Crippen LogP) is 3.21. The van der Waals surface area contributed by atoms with Crippen LogP contribution in [-0.2, 0) is 4.79 Å². The first-order valence-electron chi connectivity index (χ1n) is 6.48. The van der Waals surface area contributed by atoms with E-state index < -0.39 is 0 Å². The fourth-order valence-corrected chi connectivity index (χ4v) is 2.51. The Morgan fingerprint density at radius 1 is 1.25 bits per heavy atom. The quantitative estimate of drug-likeness (QED) is 0.332. The standard InChI is InChI=1S/C13H27NOS/c1-3-8-13(2,9-12-16)14-10-6-4-5-7-11-15/h11,14,16H,3-10,12H2,1-2H3. The Bertz CT molecular complexity index is 167. The van der Waals surface area contributed by atoms with Crippen molar-refractivity contribution in [3.63, 3.8) is 0 Å². The summed E-state index contributed by atoms with van der Waals surface area (Å²) in [5.41, 5.74) is 0.251. The van der Waals surface area contributed by atoms with Crippen molar-refractivity contribution >= 4 is 18.9 Å². The summed E-state index contributed by atoms with van der Waals surface area (Å²) in [6, 6.07) is 0. The molecule has 0 radical (unpaired) electrons. The molecule has 96 valence electrons. The van der Waals surface area contributed by atoms with Crippen molar-refractivity contribution in [2.45, 2.75) is 64.3 Å². The summed E-state index contributed by atoms with van der Waals surface area (Å²) >= 11 is 4.32. The topological polar surface area (TPSA) is 29.1 Å². The molecule has 2 nitrogen and oxygen atoms in total. The van der Waals surface area contributed by atoms with Crippen LogP contribution < -0.4 is 5.32 Å². The molecule has 0 aromatic carbocycles. The van der Waals surface area contributed by atoms with Gasteiger partial charge in [-0.1, -0.05) is 19.8 Å². The van der Waals surface area contributed by atoms with Crippen molar-refractivity contribution in [2.24, 2.45) is 0 Å². The molecule has 0 spiro atoms. The van der Waals surface area contributed by atoms with Crippen molar-refractivity contribution in [1.29, 1.82) is 0 Å². The van der Waals surface area contributed by atoms with Crippen LogP contribution in [0.3, 0.4) is 0 Å². The van der Waals surface area contributed by atoms with Gasteiger partial charge in [0.1, 0.15) is 6.29 Å². The monoisotopic (exact) mass is 245 g/mol. The molecular formula is C13H27NOS. The van der Waals surface area contributed by atoms with E-state index in [1.54, 1.807) is 0 Å². The molecule has 0 aliphatic rings. The zero-order chi connectivity index (χ0) is 12.3. The lowest BCUT2D eigenvalue weighted by Gasteiger charge is -2.30. The molecule has 0 saturated heterocycles. The van der Waals surface area contributed by atoms with E-state index in [4.69, 9.17) is 0 Å². The van der Waals surface area contributed by atoms with Gasteiger partial charge in [0.15, 0.2) is 0 Å². The summed E-state index contributed by atoms with van der Waals surface area (Å²) in [5.74, 6) is 0.939. The highest BCUT2D eigenvalue weighted by Crippen LogP contribution is 2.17. The van der Waals surface area contributed by atoms with Crippen molar-refractivity contribution in [1.82, 2.24) is 5.32 Å². The summed E-state index contributed by atoms with van der Waals surface area (Å²) in [4.78, 5) is 10.1. The fourth-order valence-electron chi connectivity index (χ4n) is 2.02. The van der Waals surface area contributed by atoms with Gasteiger partial charge in [0, 0.05) is 12.0 Å². The van der Waals surface area contributed by atoms with Gasteiger partial charge in [-0.05, 0) is 44.9 Å². The zero-order valence-electron chi connectivity index (χ0n) is 10.8. The Morgan fingerprint density at radius 3 is 2.56 bits per heavy atom. The minimum atomic E-state index is 0.251. The van der Waals surface area contributed by atoms with E-state index in [0.717, 1.165) is 37.8 Å². The SMILES string of the molecule is CCCC(C)(CCS)NCCCCCC=O. The summed E-state index contributed by atoms with van der Waals surface area (Å²) in [6.07, 6.45) is 8.61. The first kappa shape index (κ1) is 16.0. The number of hydrogen-bond donors (Lipinski definition) is 2. The van der Waals surface area contributed by atoms with E-state index >= 15 is 0 Å². The Hall–Kier alpha value is -0.0200. The minimum Gasteiger partial charge on any atom is -0.311 e. The smallest absolute Gasteiger partial charge is 0.119 e. The molecule has 0 saturated carbocycles. The number of rotatable bonds is 11. The zero-order valence-corrected chi connectivity index (χ0v) is 11.7. The van der Waals surface area contributed by atoms with Crippen LogP contribution in [0.4, 0.5) is 0 Å². The molecule has 0 heterocycles. The van der Waals surface area contributed by atoms with Gasteiger partial charge < -0.3 is 10.1 Å². The van der Waals surface area contributed by atoms with E-state index in [0.29, 0.717) is 6.42 Å². The molecule has 0 aliphatic heterocycles. The van der Waals surface area contributed by atoms with Crippen LogP contribution in [0.5, 0.6) is 0 Å². The van der Waals surface area contributed by atoms with Gasteiger partial charge in [0.05, 0.1) is 0 Å². The van der Waals surface area contributed by atoms with Crippen molar-refractivity contribution in [3.05, 3.63) is 0 Å². The molecule has 0 aromatic rings. The molecule has 1 atom stereocenters. The number of nitrogens with one attached hydrogen (secondary N) is 1. The van der Waals surface area contributed by atoms with Gasteiger partial charge in [0.2, 0.25) is 0 Å². The molecule has 0 aromatic heterocycles. The van der Waals surface area contributed by atoms with Crippen LogP contribution in [-0.4, -0.2) is 24.1 Å². The molecule has 0 bridgehead atoms. The normalized spacial score (nSPS) is 14.7. The van der Waals surface area contributed by atoms with Crippen LogP contribution in [0, 0.1) is 0 Å². The van der Waals surface area contributed by atoms with E-state index in [-0.39, 0.29) is 5.54 Å². The molecule has 1 N–H and O–H groups in total. The highest BCUT2D eigenvalue weighted by molar-refractivity contribution is 7.80. The van der Waals surface area contributed by atoms with Crippen LogP contribution in [0.25, 0.3) is 0 Å². The summed E-state index contributed by atoms with van der Waals surface area (Å²) in [7, 11) is 0. The van der Waals surface area contributed by atoms with E-state index in [9.17, 15) is 4.79 Å². The maximum Gasteiger partial charge on any atom is 0.119 e. The first-order valence-corrected chi connectivity index (χ1v) is 7.11. The number of carbonyl (C=O) groups is 1. The molecule has 16 heavy (non-hydrogen) atoms. The fraction of sp³-hybridized carbons (Fsp3) is 0.923. The highest BCUT2D eigenvalue weighted by Gasteiger charge is 2.20. The summed E-state index contributed by atoms with van der Waals surface area (Å²) in [5, 5.41) is 3.64. The van der Waals surface area contributed by atoms with Gasteiger partial charge in [0.25, 0.3) is 0 Å². The second-order valence-corrected chi connectivity index (χ2v) is 5.17. The maximum atomic E-state index is 10.1. The number of aldehydes is 1. The number of thiol groups is 1. The lowest BCUT2D eigenvalue weighted by atomic mass is 9.93. The van der Waals surface area contributed by atoms with Gasteiger partial charge in [-0.25, -0.2) is 0 Å². The molecule has 1 unspecified atom stereocenters. The lowest BCUT2D eigenvalue weighted by molar-refractivity contribution is -0.107. The minimum absolute atomic E-state index is 0.251. The Labute approximate surface area is 106 Å². The summed E-state index contributed by atoms with van der Waals surface area (Å²) in [6.45, 7) is 5.57. The molecule has 0 fully saturated rings. The van der Waals surface area contributed by atoms with Crippen LogP contribution in [0.1, 0.15) is 58.8 Å². The Balaban J connectivity index is 3.63. The van der Waals surface area contributed by atoms with E-state index in [1.807, 2.05) is 0 Å². The third-order valence-electron chi connectivity index (χ3n) is 3.02. The maximum absolute atomic E-state index is 10.1. The predicted molar refractivity (Wildman–Crippen MR) is 74.3 cm³/mol. The third-order valence-corrected chi connectivity index (χ3v) is 3.24. The Morgan fingerprint density at radius 2 is 2.00 bits per heavy atom. The van der Waals surface area contributed by atoms with Crippen LogP contribution in [0.15, 0.2) is 0 Å². The van der Waals surface area contributed by atoms with E-state index in [2.05, 4.69) is 31.8 Å².